The van der Waals surface area contributed by atoms with Gasteiger partial charge in [-0.05, 0) is 0 Å². The van der Waals surface area contributed by atoms with E-state index in [1.165, 1.54) is 0 Å². The Bertz CT molecular complexity index is 454. The molecule has 0 bridgehead atoms. The highest BCUT2D eigenvalue weighted by molar-refractivity contribution is 5.55. The summed E-state index contributed by atoms with van der Waals surface area (Å²) in [4.78, 5) is 3.99. The first-order chi connectivity index (χ1) is 6.90. The van der Waals surface area contributed by atoms with Crippen LogP contribution in [0.2, 0.25) is 0 Å². The summed E-state index contributed by atoms with van der Waals surface area (Å²) in [5.74, 6) is 1.17. The molecular weight excluding hydrogens is 176 g/mol. The summed E-state index contributed by atoms with van der Waals surface area (Å²) >= 11 is 0. The molecule has 0 aliphatic carbocycles. The molecule has 1 aromatic heterocycles. The van der Waals surface area contributed by atoms with Gasteiger partial charge in [0, 0.05) is 5.56 Å². The topological polar surface area (TPSA) is 49.8 Å². The Hall–Kier alpha value is -2.08. The summed E-state index contributed by atoms with van der Waals surface area (Å²) in [5.41, 5.74) is 0.976. The highest BCUT2D eigenvalue weighted by Crippen LogP contribution is 2.19. The third kappa shape index (κ3) is 1.64. The van der Waals surface area contributed by atoms with Gasteiger partial charge in [0.2, 0.25) is 5.89 Å². The number of oxazole rings is 1. The maximum Gasteiger partial charge on any atom is 0.209 e. The van der Waals surface area contributed by atoms with Crippen molar-refractivity contribution in [2.24, 2.45) is 0 Å². The molecule has 0 saturated heterocycles. The molecule has 0 saturated carbocycles. The van der Waals surface area contributed by atoms with Crippen LogP contribution in [0.25, 0.3) is 11.3 Å². The van der Waals surface area contributed by atoms with Crippen LogP contribution in [-0.2, 0) is 6.42 Å². The quantitative estimate of drug-likeness (QED) is 0.720. The monoisotopic (exact) mass is 184 g/mol. The molecule has 0 N–H and O–H groups in total. The van der Waals surface area contributed by atoms with Gasteiger partial charge in [-0.25, -0.2) is 4.98 Å². The molecular formula is C11H8N2O. The Kier molecular flexibility index (Phi) is 2.28. The molecule has 0 amide bonds. The lowest BCUT2D eigenvalue weighted by molar-refractivity contribution is 0.523. The number of rotatable bonds is 2. The van der Waals surface area contributed by atoms with Gasteiger partial charge in [0.1, 0.15) is 6.42 Å². The molecule has 3 heteroatoms. The Balaban J connectivity index is 2.31. The lowest BCUT2D eigenvalue weighted by Crippen LogP contribution is -1.77. The Morgan fingerprint density at radius 1 is 1.29 bits per heavy atom. The molecule has 0 radical (unpaired) electrons. The van der Waals surface area contributed by atoms with E-state index in [2.05, 4.69) is 4.98 Å². The van der Waals surface area contributed by atoms with Crippen LogP contribution in [-0.4, -0.2) is 4.98 Å². The molecule has 0 fully saturated rings. The van der Waals surface area contributed by atoms with Crippen molar-refractivity contribution in [3.05, 3.63) is 42.4 Å². The normalized spacial score (nSPS) is 9.64. The van der Waals surface area contributed by atoms with Crippen LogP contribution in [0.1, 0.15) is 5.89 Å². The summed E-state index contributed by atoms with van der Waals surface area (Å²) in [6.45, 7) is 0. The van der Waals surface area contributed by atoms with Gasteiger partial charge in [0.25, 0.3) is 0 Å². The van der Waals surface area contributed by atoms with Gasteiger partial charge in [-0.15, -0.1) is 0 Å². The molecule has 14 heavy (non-hydrogen) atoms. The van der Waals surface area contributed by atoms with Crippen molar-refractivity contribution >= 4 is 0 Å². The van der Waals surface area contributed by atoms with E-state index >= 15 is 0 Å². The fourth-order valence-electron chi connectivity index (χ4n) is 1.20. The van der Waals surface area contributed by atoms with E-state index in [4.69, 9.17) is 9.68 Å². The van der Waals surface area contributed by atoms with Gasteiger partial charge < -0.3 is 4.42 Å². The number of aromatic nitrogens is 1. The van der Waals surface area contributed by atoms with Crippen LogP contribution in [0, 0.1) is 11.3 Å². The number of nitrogens with zero attached hydrogens (tertiary/aromatic N) is 2. The molecule has 1 aromatic carbocycles. The lowest BCUT2D eigenvalue weighted by atomic mass is 10.2. The lowest BCUT2D eigenvalue weighted by Gasteiger charge is -1.92. The standard InChI is InChI=1S/C11H8N2O/c12-7-6-11-13-8-10(14-11)9-4-2-1-3-5-9/h1-5,8H,6H2. The fourth-order valence-corrected chi connectivity index (χ4v) is 1.20. The maximum absolute atomic E-state index is 8.45. The first-order valence-corrected chi connectivity index (χ1v) is 4.27. The zero-order chi connectivity index (χ0) is 9.80. The summed E-state index contributed by atoms with van der Waals surface area (Å²) < 4.78 is 5.38. The molecule has 2 aromatic rings. The van der Waals surface area contributed by atoms with Crippen LogP contribution in [0.3, 0.4) is 0 Å². The summed E-state index contributed by atoms with van der Waals surface area (Å²) in [5, 5.41) is 8.45. The van der Waals surface area contributed by atoms with Crippen molar-refractivity contribution in [2.75, 3.05) is 0 Å². The first kappa shape index (κ1) is 8.52. The van der Waals surface area contributed by atoms with E-state index in [1.54, 1.807) is 6.20 Å². The first-order valence-electron chi connectivity index (χ1n) is 4.27. The molecule has 3 nitrogen and oxygen atoms in total. The van der Waals surface area contributed by atoms with Crippen LogP contribution >= 0.6 is 0 Å². The van der Waals surface area contributed by atoms with Crippen LogP contribution in [0.4, 0.5) is 0 Å². The zero-order valence-corrected chi connectivity index (χ0v) is 7.47. The van der Waals surface area contributed by atoms with Gasteiger partial charge in [-0.2, -0.15) is 5.26 Å². The molecule has 0 spiro atoms. The highest BCUT2D eigenvalue weighted by atomic mass is 16.4. The maximum atomic E-state index is 8.45. The third-order valence-electron chi connectivity index (χ3n) is 1.84. The molecule has 0 aliphatic heterocycles. The minimum atomic E-state index is 0.215. The van der Waals surface area contributed by atoms with Gasteiger partial charge in [0.15, 0.2) is 5.76 Å². The second-order valence-corrected chi connectivity index (χ2v) is 2.82. The van der Waals surface area contributed by atoms with Crippen molar-refractivity contribution in [3.8, 4) is 17.4 Å². The van der Waals surface area contributed by atoms with Gasteiger partial charge >= 0.3 is 0 Å². The average molecular weight is 184 g/mol. The molecule has 68 valence electrons. The minimum absolute atomic E-state index is 0.215. The fraction of sp³-hybridized carbons (Fsp3) is 0.0909. The van der Waals surface area contributed by atoms with Crippen molar-refractivity contribution in [1.29, 1.82) is 5.26 Å². The molecule has 0 aliphatic rings. The number of nitriles is 1. The molecule has 1 heterocycles. The average Bonchev–Trinajstić information content (AvgIpc) is 2.68. The van der Waals surface area contributed by atoms with Crippen molar-refractivity contribution in [3.63, 3.8) is 0 Å². The van der Waals surface area contributed by atoms with E-state index in [9.17, 15) is 0 Å². The van der Waals surface area contributed by atoms with Gasteiger partial charge in [-0.1, -0.05) is 30.3 Å². The van der Waals surface area contributed by atoms with Crippen molar-refractivity contribution < 1.29 is 4.42 Å². The second-order valence-electron chi connectivity index (χ2n) is 2.82. The Morgan fingerprint density at radius 3 is 2.79 bits per heavy atom. The summed E-state index contributed by atoms with van der Waals surface area (Å²) in [7, 11) is 0. The van der Waals surface area contributed by atoms with Gasteiger partial charge in [-0.3, -0.25) is 0 Å². The molecule has 2 rings (SSSR count). The van der Waals surface area contributed by atoms with E-state index in [-0.39, 0.29) is 6.42 Å². The SMILES string of the molecule is N#CCc1ncc(-c2ccccc2)o1. The predicted molar refractivity (Wildman–Crippen MR) is 51.3 cm³/mol. The van der Waals surface area contributed by atoms with E-state index in [0.29, 0.717) is 11.7 Å². The predicted octanol–water partition coefficient (Wildman–Crippen LogP) is 2.41. The van der Waals surface area contributed by atoms with E-state index in [1.807, 2.05) is 36.4 Å². The third-order valence-corrected chi connectivity index (χ3v) is 1.84. The second kappa shape index (κ2) is 3.75. The zero-order valence-electron chi connectivity index (χ0n) is 7.47. The van der Waals surface area contributed by atoms with Crippen LogP contribution in [0.15, 0.2) is 40.9 Å². The van der Waals surface area contributed by atoms with E-state index in [0.717, 1.165) is 5.56 Å². The Labute approximate surface area is 81.6 Å². The van der Waals surface area contributed by atoms with E-state index < -0.39 is 0 Å². The highest BCUT2D eigenvalue weighted by Gasteiger charge is 2.04. The Morgan fingerprint density at radius 2 is 2.07 bits per heavy atom. The minimum Gasteiger partial charge on any atom is -0.440 e. The summed E-state index contributed by atoms with van der Waals surface area (Å²) in [6.07, 6.45) is 1.86. The number of hydrogen-bond donors (Lipinski definition) is 0. The molecule has 0 atom stereocenters. The molecule has 0 unspecified atom stereocenters. The van der Waals surface area contributed by atoms with Crippen molar-refractivity contribution in [1.82, 2.24) is 4.98 Å². The number of hydrogen-bond acceptors (Lipinski definition) is 3. The van der Waals surface area contributed by atoms with Crippen LogP contribution < -0.4 is 0 Å². The smallest absolute Gasteiger partial charge is 0.209 e. The largest absolute Gasteiger partial charge is 0.440 e. The summed E-state index contributed by atoms with van der Waals surface area (Å²) in [6, 6.07) is 11.7. The number of benzene rings is 1. The van der Waals surface area contributed by atoms with Crippen LogP contribution in [0.5, 0.6) is 0 Å². The van der Waals surface area contributed by atoms with Gasteiger partial charge in [0.05, 0.1) is 12.3 Å². The van der Waals surface area contributed by atoms with Crippen molar-refractivity contribution in [2.45, 2.75) is 6.42 Å².